The molecule has 0 spiro atoms. The number of hydrogen-bond acceptors (Lipinski definition) is 5. The van der Waals surface area contributed by atoms with Crippen molar-refractivity contribution < 1.29 is 14.4 Å². The second kappa shape index (κ2) is 3.29. The molecule has 0 aromatic carbocycles. The van der Waals surface area contributed by atoms with Crippen LogP contribution in [0.1, 0.15) is 0 Å². The number of likely N-dealkylation sites (N-methyl/N-ethyl adjacent to an activating group) is 3. The molecule has 0 aliphatic carbocycles. The summed E-state index contributed by atoms with van der Waals surface area (Å²) in [7, 11) is 4.63. The molecule has 1 fully saturated rings. The van der Waals surface area contributed by atoms with Crippen LogP contribution in [0.15, 0.2) is 4.99 Å². The summed E-state index contributed by atoms with van der Waals surface area (Å²) >= 11 is 0. The molecule has 0 aromatic heterocycles. The van der Waals surface area contributed by atoms with Gasteiger partial charge in [0.1, 0.15) is 6.17 Å². The number of amidine groups is 1. The summed E-state index contributed by atoms with van der Waals surface area (Å²) in [6.07, 6.45) is 0.0978. The van der Waals surface area contributed by atoms with Crippen LogP contribution in [0.5, 0.6) is 0 Å². The van der Waals surface area contributed by atoms with Crippen LogP contribution in [0, 0.1) is 0 Å². The first-order chi connectivity index (χ1) is 7.49. The molecule has 7 nitrogen and oxygen atoms in total. The molecular formula is C9H12N4O3. The van der Waals surface area contributed by atoms with E-state index in [0.717, 1.165) is 4.90 Å². The summed E-state index contributed by atoms with van der Waals surface area (Å²) in [5, 5.41) is 0. The normalized spacial score (nSPS) is 29.4. The molecule has 0 aromatic rings. The van der Waals surface area contributed by atoms with Gasteiger partial charge in [-0.1, -0.05) is 0 Å². The largest absolute Gasteiger partial charge is 0.334 e. The van der Waals surface area contributed by atoms with E-state index >= 15 is 0 Å². The molecule has 2 aliphatic rings. The maximum absolute atomic E-state index is 11.8. The van der Waals surface area contributed by atoms with Gasteiger partial charge in [0, 0.05) is 21.1 Å². The van der Waals surface area contributed by atoms with Crippen molar-refractivity contribution in [2.75, 3.05) is 21.1 Å². The fourth-order valence-corrected chi connectivity index (χ4v) is 2.06. The monoisotopic (exact) mass is 224 g/mol. The number of urea groups is 1. The molecule has 2 rings (SSSR count). The van der Waals surface area contributed by atoms with E-state index in [4.69, 9.17) is 0 Å². The predicted octanol–water partition coefficient (Wildman–Crippen LogP) is -1.25. The number of rotatable bonds is 1. The Morgan fingerprint density at radius 2 is 1.81 bits per heavy atom. The molecule has 16 heavy (non-hydrogen) atoms. The predicted molar refractivity (Wildman–Crippen MR) is 54.8 cm³/mol. The van der Waals surface area contributed by atoms with Crippen LogP contribution < -0.4 is 0 Å². The van der Waals surface area contributed by atoms with Gasteiger partial charge in [-0.2, -0.15) is 0 Å². The van der Waals surface area contributed by atoms with Crippen LogP contribution >= 0.6 is 0 Å². The highest BCUT2D eigenvalue weighted by Crippen LogP contribution is 2.25. The third-order valence-corrected chi connectivity index (χ3v) is 2.99. The third-order valence-electron chi connectivity index (χ3n) is 2.99. The van der Waals surface area contributed by atoms with Crippen molar-refractivity contribution in [3.63, 3.8) is 0 Å². The van der Waals surface area contributed by atoms with Gasteiger partial charge >= 0.3 is 6.03 Å². The topological polar surface area (TPSA) is 73.3 Å². The summed E-state index contributed by atoms with van der Waals surface area (Å²) in [5.74, 6) is -0.185. The minimum absolute atomic E-state index is 0.193. The quantitative estimate of drug-likeness (QED) is 0.521. The Bertz CT molecular complexity index is 406. The highest BCUT2D eigenvalue weighted by atomic mass is 16.2. The summed E-state index contributed by atoms with van der Waals surface area (Å²) in [6.45, 7) is 0. The zero-order valence-electron chi connectivity index (χ0n) is 9.25. The van der Waals surface area contributed by atoms with Gasteiger partial charge in [0.2, 0.25) is 0 Å². The molecule has 86 valence electrons. The van der Waals surface area contributed by atoms with E-state index in [1.165, 1.54) is 11.9 Å². The zero-order valence-corrected chi connectivity index (χ0v) is 9.25. The van der Waals surface area contributed by atoms with Crippen LogP contribution in [0.3, 0.4) is 0 Å². The second-order valence-corrected chi connectivity index (χ2v) is 3.87. The van der Waals surface area contributed by atoms with Crippen molar-refractivity contribution in [1.82, 2.24) is 14.7 Å². The molecule has 2 aliphatic heterocycles. The summed E-state index contributed by atoms with van der Waals surface area (Å²) in [6, 6.07) is -1.08. The van der Waals surface area contributed by atoms with Crippen molar-refractivity contribution in [3.8, 4) is 0 Å². The molecule has 1 saturated heterocycles. The van der Waals surface area contributed by atoms with Crippen molar-refractivity contribution in [2.45, 2.75) is 12.2 Å². The van der Waals surface area contributed by atoms with E-state index in [1.54, 1.807) is 19.0 Å². The minimum atomic E-state index is -0.696. The van der Waals surface area contributed by atoms with E-state index in [9.17, 15) is 14.4 Å². The average molecular weight is 224 g/mol. The summed E-state index contributed by atoms with van der Waals surface area (Å²) in [5.41, 5.74) is 0. The SMILES string of the molecule is CN1C(=O)C2N=C(C=O)N(C)C2N(C)C1=O. The second-order valence-electron chi connectivity index (χ2n) is 3.87. The Hall–Kier alpha value is -1.92. The highest BCUT2D eigenvalue weighted by molar-refractivity contribution is 6.28. The molecule has 0 N–H and O–H groups in total. The number of aldehydes is 1. The number of fused-ring (bicyclic) bond motifs is 1. The van der Waals surface area contributed by atoms with Crippen LogP contribution in [-0.4, -0.2) is 72.1 Å². The lowest BCUT2D eigenvalue weighted by Gasteiger charge is -2.40. The zero-order chi connectivity index (χ0) is 12.0. The number of carbonyl (C=O) groups excluding carboxylic acids is 3. The molecule has 2 heterocycles. The molecule has 2 atom stereocenters. The van der Waals surface area contributed by atoms with Crippen LogP contribution in [0.4, 0.5) is 4.79 Å². The van der Waals surface area contributed by atoms with E-state index in [-0.39, 0.29) is 17.8 Å². The lowest BCUT2D eigenvalue weighted by molar-refractivity contribution is -0.134. The van der Waals surface area contributed by atoms with Crippen molar-refractivity contribution in [2.24, 2.45) is 4.99 Å². The Kier molecular flexibility index (Phi) is 2.18. The maximum Gasteiger partial charge on any atom is 0.327 e. The van der Waals surface area contributed by atoms with Crippen molar-refractivity contribution in [3.05, 3.63) is 0 Å². The minimum Gasteiger partial charge on any atom is -0.334 e. The van der Waals surface area contributed by atoms with Gasteiger partial charge in [0.05, 0.1) is 0 Å². The highest BCUT2D eigenvalue weighted by Gasteiger charge is 2.49. The standard InChI is InChI=1S/C9H12N4O3/c1-11-5(4-14)10-6-7(11)12(2)9(16)13(3)8(6)15/h4,6-7H,1-3H3. The first kappa shape index (κ1) is 10.6. The first-order valence-corrected chi connectivity index (χ1v) is 4.79. The van der Waals surface area contributed by atoms with Gasteiger partial charge in [0.25, 0.3) is 5.91 Å². The van der Waals surface area contributed by atoms with E-state index in [0.29, 0.717) is 6.29 Å². The molecule has 0 radical (unpaired) electrons. The smallest absolute Gasteiger partial charge is 0.327 e. The lowest BCUT2D eigenvalue weighted by atomic mass is 10.1. The number of carbonyl (C=O) groups is 3. The molecule has 7 heteroatoms. The lowest BCUT2D eigenvalue weighted by Crippen LogP contribution is -2.63. The van der Waals surface area contributed by atoms with E-state index < -0.39 is 12.2 Å². The average Bonchev–Trinajstić information content (AvgIpc) is 2.61. The van der Waals surface area contributed by atoms with Gasteiger partial charge in [0.15, 0.2) is 18.2 Å². The van der Waals surface area contributed by atoms with Crippen LogP contribution in [0.25, 0.3) is 0 Å². The Balaban J connectivity index is 2.41. The van der Waals surface area contributed by atoms with Gasteiger partial charge in [-0.05, 0) is 0 Å². The number of imide groups is 1. The number of aliphatic imine (C=N–C) groups is 1. The molecule has 3 amide bonds. The number of amides is 3. The fraction of sp³-hybridized carbons (Fsp3) is 0.556. The summed E-state index contributed by atoms with van der Waals surface area (Å²) in [4.78, 5) is 42.2. The Labute approximate surface area is 92.3 Å². The van der Waals surface area contributed by atoms with Gasteiger partial charge in [-0.15, -0.1) is 0 Å². The van der Waals surface area contributed by atoms with E-state index in [2.05, 4.69) is 4.99 Å². The number of hydrogen-bond donors (Lipinski definition) is 0. The fourth-order valence-electron chi connectivity index (χ4n) is 2.06. The molecule has 0 bridgehead atoms. The third kappa shape index (κ3) is 1.14. The van der Waals surface area contributed by atoms with Gasteiger partial charge in [-0.3, -0.25) is 14.5 Å². The van der Waals surface area contributed by atoms with Gasteiger partial charge < -0.3 is 9.80 Å². The number of nitrogens with zero attached hydrogens (tertiary/aromatic N) is 4. The molecular weight excluding hydrogens is 212 g/mol. The molecule has 0 saturated carbocycles. The Morgan fingerprint density at radius 3 is 2.38 bits per heavy atom. The Morgan fingerprint density at radius 1 is 1.19 bits per heavy atom. The first-order valence-electron chi connectivity index (χ1n) is 4.79. The molecule has 2 unspecified atom stereocenters. The summed E-state index contributed by atoms with van der Waals surface area (Å²) < 4.78 is 0. The van der Waals surface area contributed by atoms with Crippen molar-refractivity contribution in [1.29, 1.82) is 0 Å². The van der Waals surface area contributed by atoms with Crippen LogP contribution in [-0.2, 0) is 9.59 Å². The van der Waals surface area contributed by atoms with Crippen molar-refractivity contribution >= 4 is 24.1 Å². The maximum atomic E-state index is 11.8. The van der Waals surface area contributed by atoms with Crippen LogP contribution in [0.2, 0.25) is 0 Å². The van der Waals surface area contributed by atoms with Gasteiger partial charge in [-0.25, -0.2) is 9.79 Å². The van der Waals surface area contributed by atoms with E-state index in [1.807, 2.05) is 0 Å².